The van der Waals surface area contributed by atoms with Crippen LogP contribution in [0.3, 0.4) is 0 Å². The maximum absolute atomic E-state index is 12.1. The fourth-order valence-electron chi connectivity index (χ4n) is 1.49. The number of aromatic nitrogens is 2. The van der Waals surface area contributed by atoms with Crippen LogP contribution in [-0.4, -0.2) is 15.8 Å². The molecule has 0 aromatic carbocycles. The van der Waals surface area contributed by atoms with Crippen molar-refractivity contribution in [2.75, 3.05) is 0 Å². The van der Waals surface area contributed by atoms with E-state index in [9.17, 15) is 4.79 Å². The maximum atomic E-state index is 12.1. The van der Waals surface area contributed by atoms with Crippen molar-refractivity contribution in [1.29, 1.82) is 5.26 Å². The van der Waals surface area contributed by atoms with Gasteiger partial charge in [0.05, 0.1) is 11.8 Å². The average Bonchev–Trinajstić information content (AvgIpc) is 2.42. The normalized spacial score (nSPS) is 11.5. The second-order valence-electron chi connectivity index (χ2n) is 3.42. The smallest absolute Gasteiger partial charge is 0.186 e. The molecule has 2 aromatic heterocycles. The van der Waals surface area contributed by atoms with Crippen LogP contribution in [0.1, 0.15) is 22.0 Å². The highest BCUT2D eigenvalue weighted by Crippen LogP contribution is 2.17. The Morgan fingerprint density at radius 3 is 2.53 bits per heavy atom. The fourth-order valence-corrected chi connectivity index (χ4v) is 1.49. The Morgan fingerprint density at radius 1 is 1.18 bits per heavy atom. The molecule has 1 atom stereocenters. The monoisotopic (exact) mass is 223 g/mol. The molecule has 4 nitrogen and oxygen atoms in total. The summed E-state index contributed by atoms with van der Waals surface area (Å²) in [6.45, 7) is 0. The second-order valence-corrected chi connectivity index (χ2v) is 3.42. The summed E-state index contributed by atoms with van der Waals surface area (Å²) < 4.78 is 0. The molecule has 0 N–H and O–H groups in total. The number of Topliss-reactive ketones (excluding diaryl/α,β-unsaturated/α-hetero) is 1. The van der Waals surface area contributed by atoms with Crippen LogP contribution in [0.25, 0.3) is 0 Å². The van der Waals surface area contributed by atoms with Gasteiger partial charge in [0, 0.05) is 24.2 Å². The van der Waals surface area contributed by atoms with Crippen molar-refractivity contribution < 1.29 is 4.79 Å². The van der Waals surface area contributed by atoms with Gasteiger partial charge in [-0.25, -0.2) is 0 Å². The Bertz CT molecular complexity index is 546. The zero-order valence-corrected chi connectivity index (χ0v) is 8.95. The Kier molecular flexibility index (Phi) is 3.22. The first-order chi connectivity index (χ1) is 8.33. The Labute approximate surface area is 98.6 Å². The van der Waals surface area contributed by atoms with E-state index in [1.165, 1.54) is 12.4 Å². The molecule has 2 aromatic rings. The van der Waals surface area contributed by atoms with E-state index < -0.39 is 5.92 Å². The van der Waals surface area contributed by atoms with Crippen molar-refractivity contribution >= 4 is 5.78 Å². The van der Waals surface area contributed by atoms with E-state index in [1.54, 1.807) is 36.5 Å². The lowest BCUT2D eigenvalue weighted by Crippen LogP contribution is -2.12. The maximum Gasteiger partial charge on any atom is 0.186 e. The molecule has 0 fully saturated rings. The molecule has 0 amide bonds. The molecule has 4 heteroatoms. The first-order valence-electron chi connectivity index (χ1n) is 5.07. The Morgan fingerprint density at radius 2 is 1.94 bits per heavy atom. The van der Waals surface area contributed by atoms with Gasteiger partial charge in [-0.05, 0) is 24.3 Å². The van der Waals surface area contributed by atoms with Gasteiger partial charge in [-0.2, -0.15) is 5.26 Å². The summed E-state index contributed by atoms with van der Waals surface area (Å²) in [6, 6.07) is 10.3. The van der Waals surface area contributed by atoms with Gasteiger partial charge in [0.15, 0.2) is 11.7 Å². The summed E-state index contributed by atoms with van der Waals surface area (Å²) in [7, 11) is 0. The van der Waals surface area contributed by atoms with Crippen LogP contribution in [0.4, 0.5) is 0 Å². The third kappa shape index (κ3) is 2.34. The molecule has 0 saturated heterocycles. The van der Waals surface area contributed by atoms with Crippen LogP contribution < -0.4 is 0 Å². The van der Waals surface area contributed by atoms with E-state index in [-0.39, 0.29) is 5.78 Å². The predicted molar refractivity (Wildman–Crippen MR) is 61.2 cm³/mol. The zero-order valence-electron chi connectivity index (χ0n) is 8.95. The molecule has 0 aliphatic heterocycles. The third-order valence-corrected chi connectivity index (χ3v) is 2.34. The molecule has 0 unspecified atom stereocenters. The number of hydrogen-bond acceptors (Lipinski definition) is 4. The minimum Gasteiger partial charge on any atom is -0.292 e. The standard InChI is InChI=1S/C13H9N3O/c14-9-11(12-3-1-2-6-16-12)13(17)10-4-7-15-8-5-10/h1-8,11H/t11-/m1/s1. The number of ketones is 1. The number of nitrogens with zero attached hydrogens (tertiary/aromatic N) is 3. The SMILES string of the molecule is N#C[C@@H](C(=O)c1ccncc1)c1ccccn1. The molecular weight excluding hydrogens is 214 g/mol. The van der Waals surface area contributed by atoms with Crippen LogP contribution in [0.15, 0.2) is 48.9 Å². The van der Waals surface area contributed by atoms with E-state index >= 15 is 0 Å². The molecule has 82 valence electrons. The van der Waals surface area contributed by atoms with Crippen molar-refractivity contribution in [3.63, 3.8) is 0 Å². The molecule has 2 heterocycles. The van der Waals surface area contributed by atoms with E-state index in [1.807, 2.05) is 6.07 Å². The van der Waals surface area contributed by atoms with Gasteiger partial charge in [0.1, 0.15) is 0 Å². The largest absolute Gasteiger partial charge is 0.292 e. The van der Waals surface area contributed by atoms with Crippen LogP contribution in [0.5, 0.6) is 0 Å². The Balaban J connectivity index is 2.33. The second kappa shape index (κ2) is 4.99. The number of carbonyl (C=O) groups excluding carboxylic acids is 1. The van der Waals surface area contributed by atoms with Gasteiger partial charge in [0.2, 0.25) is 0 Å². The van der Waals surface area contributed by atoms with E-state index in [2.05, 4.69) is 9.97 Å². The molecule has 0 radical (unpaired) electrons. The minimum absolute atomic E-state index is 0.256. The van der Waals surface area contributed by atoms with Gasteiger partial charge in [0.25, 0.3) is 0 Å². The first kappa shape index (κ1) is 11.0. The number of pyridine rings is 2. The lowest BCUT2D eigenvalue weighted by Gasteiger charge is -2.06. The number of hydrogen-bond donors (Lipinski definition) is 0. The molecule has 0 saturated carbocycles. The molecular formula is C13H9N3O. The topological polar surface area (TPSA) is 66.6 Å². The van der Waals surface area contributed by atoms with Gasteiger partial charge in [-0.15, -0.1) is 0 Å². The molecule has 17 heavy (non-hydrogen) atoms. The zero-order chi connectivity index (χ0) is 12.1. The van der Waals surface area contributed by atoms with Crippen LogP contribution in [-0.2, 0) is 0 Å². The van der Waals surface area contributed by atoms with Gasteiger partial charge < -0.3 is 0 Å². The molecule has 2 rings (SSSR count). The number of rotatable bonds is 3. The summed E-state index contributed by atoms with van der Waals surface area (Å²) in [5.41, 5.74) is 0.939. The highest BCUT2D eigenvalue weighted by Gasteiger charge is 2.22. The van der Waals surface area contributed by atoms with Crippen LogP contribution in [0.2, 0.25) is 0 Å². The summed E-state index contributed by atoms with van der Waals surface area (Å²) in [5, 5.41) is 9.08. The molecule has 0 spiro atoms. The predicted octanol–water partition coefficient (Wildman–Crippen LogP) is 1.97. The van der Waals surface area contributed by atoms with Crippen molar-refractivity contribution in [3.8, 4) is 6.07 Å². The first-order valence-corrected chi connectivity index (χ1v) is 5.07. The summed E-state index contributed by atoms with van der Waals surface area (Å²) in [4.78, 5) is 20.0. The van der Waals surface area contributed by atoms with E-state index in [0.717, 1.165) is 0 Å². The average molecular weight is 223 g/mol. The van der Waals surface area contributed by atoms with Crippen LogP contribution in [0, 0.1) is 11.3 Å². The number of nitriles is 1. The van der Waals surface area contributed by atoms with Crippen molar-refractivity contribution in [3.05, 3.63) is 60.2 Å². The van der Waals surface area contributed by atoms with Gasteiger partial charge in [-0.3, -0.25) is 14.8 Å². The van der Waals surface area contributed by atoms with E-state index in [0.29, 0.717) is 11.3 Å². The minimum atomic E-state index is -0.862. The molecule has 0 aliphatic rings. The molecule has 0 bridgehead atoms. The van der Waals surface area contributed by atoms with Crippen molar-refractivity contribution in [1.82, 2.24) is 9.97 Å². The molecule has 0 aliphatic carbocycles. The summed E-state index contributed by atoms with van der Waals surface area (Å²) >= 11 is 0. The van der Waals surface area contributed by atoms with Gasteiger partial charge >= 0.3 is 0 Å². The third-order valence-electron chi connectivity index (χ3n) is 2.34. The Hall–Kier alpha value is -2.54. The lowest BCUT2D eigenvalue weighted by atomic mass is 9.96. The lowest BCUT2D eigenvalue weighted by molar-refractivity contribution is 0.0977. The highest BCUT2D eigenvalue weighted by molar-refractivity contribution is 6.02. The van der Waals surface area contributed by atoms with Crippen molar-refractivity contribution in [2.45, 2.75) is 5.92 Å². The quantitative estimate of drug-likeness (QED) is 0.746. The van der Waals surface area contributed by atoms with Gasteiger partial charge in [-0.1, -0.05) is 6.07 Å². The van der Waals surface area contributed by atoms with Crippen molar-refractivity contribution in [2.24, 2.45) is 0 Å². The fraction of sp³-hybridized carbons (Fsp3) is 0.0769. The number of carbonyl (C=O) groups is 1. The highest BCUT2D eigenvalue weighted by atomic mass is 16.1. The summed E-state index contributed by atoms with van der Waals surface area (Å²) in [6.07, 6.45) is 4.62. The van der Waals surface area contributed by atoms with Crippen LogP contribution >= 0.6 is 0 Å². The van der Waals surface area contributed by atoms with E-state index in [4.69, 9.17) is 5.26 Å². The summed E-state index contributed by atoms with van der Waals surface area (Å²) in [5.74, 6) is -1.12.